The van der Waals surface area contributed by atoms with E-state index in [4.69, 9.17) is 23.2 Å². The van der Waals surface area contributed by atoms with Gasteiger partial charge in [0.1, 0.15) is 0 Å². The summed E-state index contributed by atoms with van der Waals surface area (Å²) in [6.07, 6.45) is -4.04. The van der Waals surface area contributed by atoms with Gasteiger partial charge < -0.3 is 5.32 Å². The SMILES string of the molecule is O=C(CCc1ccccc1Cl)Nc1cc(C(F)(F)F)ccc1Cl. The second-order valence-corrected chi connectivity index (χ2v) is 5.65. The zero-order valence-electron chi connectivity index (χ0n) is 11.8. The molecule has 0 heterocycles. The average molecular weight is 362 g/mol. The number of anilines is 1. The van der Waals surface area contributed by atoms with Gasteiger partial charge in [-0.1, -0.05) is 41.4 Å². The molecule has 23 heavy (non-hydrogen) atoms. The summed E-state index contributed by atoms with van der Waals surface area (Å²) >= 11 is 11.8. The van der Waals surface area contributed by atoms with Crippen molar-refractivity contribution in [3.05, 3.63) is 63.6 Å². The van der Waals surface area contributed by atoms with Crippen molar-refractivity contribution in [3.8, 4) is 0 Å². The van der Waals surface area contributed by atoms with Crippen molar-refractivity contribution in [1.82, 2.24) is 0 Å². The molecule has 0 fully saturated rings. The van der Waals surface area contributed by atoms with Gasteiger partial charge in [-0.15, -0.1) is 0 Å². The van der Waals surface area contributed by atoms with Gasteiger partial charge in [-0.25, -0.2) is 0 Å². The van der Waals surface area contributed by atoms with Crippen LogP contribution in [0, 0.1) is 0 Å². The first-order chi connectivity index (χ1) is 10.8. The Morgan fingerprint density at radius 3 is 2.39 bits per heavy atom. The van der Waals surface area contributed by atoms with E-state index in [1.54, 1.807) is 24.3 Å². The van der Waals surface area contributed by atoms with Crippen LogP contribution in [0.2, 0.25) is 10.0 Å². The predicted octanol–water partition coefficient (Wildman–Crippen LogP) is 5.58. The van der Waals surface area contributed by atoms with E-state index in [1.165, 1.54) is 0 Å². The first kappa shape index (κ1) is 17.6. The Labute approximate surface area is 141 Å². The topological polar surface area (TPSA) is 29.1 Å². The van der Waals surface area contributed by atoms with E-state index in [9.17, 15) is 18.0 Å². The Morgan fingerprint density at radius 2 is 1.74 bits per heavy atom. The van der Waals surface area contributed by atoms with Gasteiger partial charge in [-0.05, 0) is 36.2 Å². The number of aryl methyl sites for hydroxylation is 1. The number of hydrogen-bond donors (Lipinski definition) is 1. The molecular formula is C16H12Cl2F3NO. The summed E-state index contributed by atoms with van der Waals surface area (Å²) in [5.41, 5.74) is -0.145. The van der Waals surface area contributed by atoms with Crippen molar-refractivity contribution in [1.29, 1.82) is 0 Å². The largest absolute Gasteiger partial charge is 0.416 e. The Morgan fingerprint density at radius 1 is 1.04 bits per heavy atom. The van der Waals surface area contributed by atoms with Crippen LogP contribution < -0.4 is 5.32 Å². The molecule has 0 radical (unpaired) electrons. The monoisotopic (exact) mass is 361 g/mol. The molecule has 2 rings (SSSR count). The first-order valence-electron chi connectivity index (χ1n) is 6.67. The smallest absolute Gasteiger partial charge is 0.325 e. The molecule has 0 spiro atoms. The summed E-state index contributed by atoms with van der Waals surface area (Å²) in [7, 11) is 0. The lowest BCUT2D eigenvalue weighted by Gasteiger charge is -2.12. The molecule has 2 aromatic carbocycles. The summed E-state index contributed by atoms with van der Waals surface area (Å²) in [4.78, 5) is 11.9. The van der Waals surface area contributed by atoms with Gasteiger partial charge in [-0.3, -0.25) is 4.79 Å². The Balaban J connectivity index is 2.04. The molecule has 0 atom stereocenters. The van der Waals surface area contributed by atoms with Crippen LogP contribution >= 0.6 is 23.2 Å². The summed E-state index contributed by atoms with van der Waals surface area (Å²) in [5.74, 6) is -0.439. The Hall–Kier alpha value is -1.72. The highest BCUT2D eigenvalue weighted by Gasteiger charge is 2.31. The second kappa shape index (κ2) is 7.23. The van der Waals surface area contributed by atoms with Crippen LogP contribution in [0.3, 0.4) is 0 Å². The molecule has 1 N–H and O–H groups in total. The molecular weight excluding hydrogens is 350 g/mol. The number of nitrogens with one attached hydrogen (secondary N) is 1. The summed E-state index contributed by atoms with van der Waals surface area (Å²) in [5, 5.41) is 2.98. The highest BCUT2D eigenvalue weighted by Crippen LogP contribution is 2.33. The second-order valence-electron chi connectivity index (χ2n) is 4.83. The van der Waals surface area contributed by atoms with Crippen LogP contribution in [0.15, 0.2) is 42.5 Å². The molecule has 0 saturated heterocycles. The molecule has 0 bridgehead atoms. The maximum atomic E-state index is 12.7. The van der Waals surface area contributed by atoms with E-state index in [1.807, 2.05) is 0 Å². The van der Waals surface area contributed by atoms with Crippen LogP contribution in [-0.4, -0.2) is 5.91 Å². The van der Waals surface area contributed by atoms with Crippen molar-refractivity contribution < 1.29 is 18.0 Å². The van der Waals surface area contributed by atoms with Gasteiger partial charge in [0.15, 0.2) is 0 Å². The molecule has 1 amide bonds. The lowest BCUT2D eigenvalue weighted by atomic mass is 10.1. The van der Waals surface area contributed by atoms with Crippen molar-refractivity contribution in [3.63, 3.8) is 0 Å². The zero-order chi connectivity index (χ0) is 17.0. The van der Waals surface area contributed by atoms with Gasteiger partial charge in [0, 0.05) is 11.4 Å². The number of amides is 1. The first-order valence-corrected chi connectivity index (χ1v) is 7.43. The maximum Gasteiger partial charge on any atom is 0.416 e. The Kier molecular flexibility index (Phi) is 5.55. The number of carbonyl (C=O) groups is 1. The third-order valence-corrected chi connectivity index (χ3v) is 3.85. The maximum absolute atomic E-state index is 12.7. The highest BCUT2D eigenvalue weighted by atomic mass is 35.5. The van der Waals surface area contributed by atoms with Crippen molar-refractivity contribution in [2.75, 3.05) is 5.32 Å². The minimum atomic E-state index is -4.50. The lowest BCUT2D eigenvalue weighted by Crippen LogP contribution is -2.14. The van der Waals surface area contributed by atoms with Gasteiger partial charge in [0.2, 0.25) is 5.91 Å². The molecule has 122 valence electrons. The van der Waals surface area contributed by atoms with Crippen LogP contribution in [0.4, 0.5) is 18.9 Å². The van der Waals surface area contributed by atoms with E-state index in [0.29, 0.717) is 11.4 Å². The van der Waals surface area contributed by atoms with Crippen LogP contribution in [0.5, 0.6) is 0 Å². The molecule has 7 heteroatoms. The number of carbonyl (C=O) groups excluding carboxylic acids is 1. The fraction of sp³-hybridized carbons (Fsp3) is 0.188. The molecule has 0 aliphatic rings. The number of hydrogen-bond acceptors (Lipinski definition) is 1. The van der Waals surface area contributed by atoms with Gasteiger partial charge in [0.25, 0.3) is 0 Å². The quantitative estimate of drug-likeness (QED) is 0.756. The number of alkyl halides is 3. The third-order valence-electron chi connectivity index (χ3n) is 3.15. The van der Waals surface area contributed by atoms with Crippen molar-refractivity contribution in [2.24, 2.45) is 0 Å². The minimum Gasteiger partial charge on any atom is -0.325 e. The number of benzene rings is 2. The fourth-order valence-corrected chi connectivity index (χ4v) is 2.35. The van der Waals surface area contributed by atoms with Gasteiger partial charge in [0.05, 0.1) is 16.3 Å². The Bertz CT molecular complexity index is 717. The zero-order valence-corrected chi connectivity index (χ0v) is 13.3. The summed E-state index contributed by atoms with van der Waals surface area (Å²) in [6.45, 7) is 0. The van der Waals surface area contributed by atoms with Gasteiger partial charge >= 0.3 is 6.18 Å². The number of halogens is 5. The fourth-order valence-electron chi connectivity index (χ4n) is 1.96. The van der Waals surface area contributed by atoms with E-state index >= 15 is 0 Å². The van der Waals surface area contributed by atoms with E-state index in [0.717, 1.165) is 23.8 Å². The van der Waals surface area contributed by atoms with Gasteiger partial charge in [-0.2, -0.15) is 13.2 Å². The van der Waals surface area contributed by atoms with Crippen molar-refractivity contribution in [2.45, 2.75) is 19.0 Å². The standard InChI is InChI=1S/C16H12Cl2F3NO/c17-12-4-2-1-3-10(12)5-8-15(23)22-14-9-11(16(19,20)21)6-7-13(14)18/h1-4,6-7,9H,5,8H2,(H,22,23). The van der Waals surface area contributed by atoms with Crippen LogP contribution in [-0.2, 0) is 17.4 Å². The normalized spacial score (nSPS) is 11.3. The van der Waals surface area contributed by atoms with Crippen LogP contribution in [0.25, 0.3) is 0 Å². The lowest BCUT2D eigenvalue weighted by molar-refractivity contribution is -0.137. The molecule has 2 nitrogen and oxygen atoms in total. The van der Waals surface area contributed by atoms with E-state index < -0.39 is 17.6 Å². The molecule has 0 aliphatic carbocycles. The highest BCUT2D eigenvalue weighted by molar-refractivity contribution is 6.33. The third kappa shape index (κ3) is 4.88. The molecule has 0 aliphatic heterocycles. The number of rotatable bonds is 4. The average Bonchev–Trinajstić information content (AvgIpc) is 2.47. The van der Waals surface area contributed by atoms with Crippen LogP contribution in [0.1, 0.15) is 17.5 Å². The molecule has 0 aromatic heterocycles. The minimum absolute atomic E-state index is 0.0455. The molecule has 0 saturated carbocycles. The predicted molar refractivity (Wildman–Crippen MR) is 84.9 cm³/mol. The molecule has 0 unspecified atom stereocenters. The summed E-state index contributed by atoms with van der Waals surface area (Å²) in [6, 6.07) is 9.84. The molecule has 2 aromatic rings. The van der Waals surface area contributed by atoms with E-state index in [-0.39, 0.29) is 17.1 Å². The van der Waals surface area contributed by atoms with Crippen molar-refractivity contribution >= 4 is 34.8 Å². The van der Waals surface area contributed by atoms with E-state index in [2.05, 4.69) is 5.32 Å². The summed E-state index contributed by atoms with van der Waals surface area (Å²) < 4.78 is 38.0.